The standard InChI is InChI=1S/C16H19N3O/c1-10-8-19-16-11(7-14(17)20)4-5-13(15(10)16)12-3-2-6-18-9-12/h3-5,8,18-19H,2,6-7,9H2,1H3,(H2,17,20). The van der Waals surface area contributed by atoms with E-state index < -0.39 is 0 Å². The number of nitrogens with two attached hydrogens (primary N) is 1. The molecular formula is C16H19N3O. The molecule has 1 aliphatic rings. The van der Waals surface area contributed by atoms with E-state index in [0.29, 0.717) is 0 Å². The van der Waals surface area contributed by atoms with Gasteiger partial charge in [0.25, 0.3) is 0 Å². The van der Waals surface area contributed by atoms with Gasteiger partial charge in [0.15, 0.2) is 0 Å². The highest BCUT2D eigenvalue weighted by molar-refractivity contribution is 5.98. The molecule has 1 amide bonds. The molecule has 2 aromatic rings. The third-order valence-electron chi connectivity index (χ3n) is 3.86. The summed E-state index contributed by atoms with van der Waals surface area (Å²) in [4.78, 5) is 14.5. The molecule has 4 nitrogen and oxygen atoms in total. The van der Waals surface area contributed by atoms with Crippen molar-refractivity contribution in [3.05, 3.63) is 41.1 Å². The van der Waals surface area contributed by atoms with Crippen molar-refractivity contribution in [2.45, 2.75) is 19.8 Å². The zero-order valence-electron chi connectivity index (χ0n) is 11.6. The second-order valence-corrected chi connectivity index (χ2v) is 5.33. The fourth-order valence-electron chi connectivity index (χ4n) is 2.92. The van der Waals surface area contributed by atoms with Gasteiger partial charge in [-0.15, -0.1) is 0 Å². The Bertz CT molecular complexity index is 697. The Morgan fingerprint density at radius 1 is 1.40 bits per heavy atom. The van der Waals surface area contributed by atoms with E-state index in [0.717, 1.165) is 30.6 Å². The number of carbonyl (C=O) groups excluding carboxylic acids is 1. The van der Waals surface area contributed by atoms with Crippen molar-refractivity contribution in [3.63, 3.8) is 0 Å². The molecule has 2 heterocycles. The Labute approximate surface area is 118 Å². The second kappa shape index (κ2) is 5.13. The lowest BCUT2D eigenvalue weighted by atomic mass is 9.94. The van der Waals surface area contributed by atoms with Gasteiger partial charge in [0.1, 0.15) is 0 Å². The molecule has 0 bridgehead atoms. The van der Waals surface area contributed by atoms with Crippen molar-refractivity contribution in [1.82, 2.24) is 10.3 Å². The van der Waals surface area contributed by atoms with Crippen molar-refractivity contribution in [3.8, 4) is 0 Å². The summed E-state index contributed by atoms with van der Waals surface area (Å²) >= 11 is 0. The van der Waals surface area contributed by atoms with Crippen LogP contribution in [0.1, 0.15) is 23.1 Å². The second-order valence-electron chi connectivity index (χ2n) is 5.33. The highest BCUT2D eigenvalue weighted by Crippen LogP contribution is 2.31. The van der Waals surface area contributed by atoms with Crippen LogP contribution in [-0.2, 0) is 11.2 Å². The lowest BCUT2D eigenvalue weighted by Gasteiger charge is -2.16. The average molecular weight is 269 g/mol. The summed E-state index contributed by atoms with van der Waals surface area (Å²) in [5.74, 6) is -0.301. The number of aryl methyl sites for hydroxylation is 1. The molecule has 0 atom stereocenters. The number of carbonyl (C=O) groups is 1. The average Bonchev–Trinajstić information content (AvgIpc) is 2.83. The SMILES string of the molecule is Cc1c[nH]c2c(CC(N)=O)ccc(C3=CCCNC3)c12. The molecule has 1 aliphatic heterocycles. The van der Waals surface area contributed by atoms with Crippen LogP contribution in [-0.4, -0.2) is 24.0 Å². The molecule has 0 spiro atoms. The summed E-state index contributed by atoms with van der Waals surface area (Å²) in [6.45, 7) is 4.03. The molecule has 4 N–H and O–H groups in total. The highest BCUT2D eigenvalue weighted by Gasteiger charge is 2.15. The third-order valence-corrected chi connectivity index (χ3v) is 3.86. The first-order valence-electron chi connectivity index (χ1n) is 6.95. The molecule has 20 heavy (non-hydrogen) atoms. The van der Waals surface area contributed by atoms with Gasteiger partial charge in [-0.2, -0.15) is 0 Å². The van der Waals surface area contributed by atoms with Crippen LogP contribution in [0.5, 0.6) is 0 Å². The summed E-state index contributed by atoms with van der Waals surface area (Å²) in [5.41, 5.74) is 11.1. The van der Waals surface area contributed by atoms with Crippen LogP contribution >= 0.6 is 0 Å². The smallest absolute Gasteiger partial charge is 0.221 e. The molecule has 4 heteroatoms. The third kappa shape index (κ3) is 2.23. The van der Waals surface area contributed by atoms with Crippen LogP contribution in [0, 0.1) is 6.92 Å². The van der Waals surface area contributed by atoms with Crippen LogP contribution in [0.15, 0.2) is 24.4 Å². The van der Waals surface area contributed by atoms with Crippen molar-refractivity contribution in [2.24, 2.45) is 5.73 Å². The Hall–Kier alpha value is -2.07. The highest BCUT2D eigenvalue weighted by atomic mass is 16.1. The van der Waals surface area contributed by atoms with Crippen molar-refractivity contribution < 1.29 is 4.79 Å². The van der Waals surface area contributed by atoms with Crippen LogP contribution in [0.3, 0.4) is 0 Å². The maximum absolute atomic E-state index is 11.2. The van der Waals surface area contributed by atoms with Gasteiger partial charge in [0.05, 0.1) is 11.9 Å². The van der Waals surface area contributed by atoms with Gasteiger partial charge in [-0.05, 0) is 42.2 Å². The predicted octanol–water partition coefficient (Wildman–Crippen LogP) is 1.88. The quantitative estimate of drug-likeness (QED) is 0.796. The maximum Gasteiger partial charge on any atom is 0.221 e. The molecular weight excluding hydrogens is 250 g/mol. The summed E-state index contributed by atoms with van der Waals surface area (Å²) in [5, 5.41) is 4.61. The number of rotatable bonds is 3. The zero-order valence-corrected chi connectivity index (χ0v) is 11.6. The fourth-order valence-corrected chi connectivity index (χ4v) is 2.92. The van der Waals surface area contributed by atoms with Crippen LogP contribution in [0.2, 0.25) is 0 Å². The van der Waals surface area contributed by atoms with E-state index in [2.05, 4.69) is 29.4 Å². The molecule has 0 radical (unpaired) electrons. The topological polar surface area (TPSA) is 70.9 Å². The molecule has 0 aliphatic carbocycles. The van der Waals surface area contributed by atoms with Crippen molar-refractivity contribution in [1.29, 1.82) is 0 Å². The molecule has 0 unspecified atom stereocenters. The number of aromatic amines is 1. The molecule has 104 valence electrons. The summed E-state index contributed by atoms with van der Waals surface area (Å²) in [6.07, 6.45) is 5.62. The summed E-state index contributed by atoms with van der Waals surface area (Å²) in [6, 6.07) is 4.12. The number of nitrogens with one attached hydrogen (secondary N) is 2. The monoisotopic (exact) mass is 269 g/mol. The molecule has 0 saturated heterocycles. The van der Waals surface area contributed by atoms with Crippen LogP contribution in [0.25, 0.3) is 16.5 Å². The first-order valence-corrected chi connectivity index (χ1v) is 6.95. The Balaban J connectivity index is 2.17. The number of primary amides is 1. The van der Waals surface area contributed by atoms with E-state index in [1.165, 1.54) is 22.1 Å². The Morgan fingerprint density at radius 3 is 2.95 bits per heavy atom. The number of amides is 1. The van der Waals surface area contributed by atoms with E-state index in [1.54, 1.807) is 0 Å². The van der Waals surface area contributed by atoms with E-state index in [1.807, 2.05) is 12.3 Å². The maximum atomic E-state index is 11.2. The largest absolute Gasteiger partial charge is 0.369 e. The number of aromatic nitrogens is 1. The minimum absolute atomic E-state index is 0.272. The minimum atomic E-state index is -0.301. The molecule has 0 fully saturated rings. The van der Waals surface area contributed by atoms with Crippen LogP contribution < -0.4 is 11.1 Å². The van der Waals surface area contributed by atoms with Gasteiger partial charge in [0.2, 0.25) is 5.91 Å². The fraction of sp³-hybridized carbons (Fsp3) is 0.312. The van der Waals surface area contributed by atoms with Crippen LogP contribution in [0.4, 0.5) is 0 Å². The number of benzene rings is 1. The predicted molar refractivity (Wildman–Crippen MR) is 81.4 cm³/mol. The summed E-state index contributed by atoms with van der Waals surface area (Å²) < 4.78 is 0. The number of H-pyrrole nitrogens is 1. The van der Waals surface area contributed by atoms with Gasteiger partial charge in [-0.3, -0.25) is 4.79 Å². The molecule has 1 aromatic carbocycles. The van der Waals surface area contributed by atoms with E-state index in [9.17, 15) is 4.79 Å². The Kier molecular flexibility index (Phi) is 3.32. The lowest BCUT2D eigenvalue weighted by molar-refractivity contribution is -0.117. The lowest BCUT2D eigenvalue weighted by Crippen LogP contribution is -2.21. The molecule has 3 rings (SSSR count). The zero-order chi connectivity index (χ0) is 14.1. The van der Waals surface area contributed by atoms with E-state index >= 15 is 0 Å². The minimum Gasteiger partial charge on any atom is -0.369 e. The number of fused-ring (bicyclic) bond motifs is 1. The Morgan fingerprint density at radius 2 is 2.25 bits per heavy atom. The van der Waals surface area contributed by atoms with E-state index in [4.69, 9.17) is 5.73 Å². The normalized spacial score (nSPS) is 15.3. The van der Waals surface area contributed by atoms with Gasteiger partial charge >= 0.3 is 0 Å². The van der Waals surface area contributed by atoms with Gasteiger partial charge in [-0.25, -0.2) is 0 Å². The molecule has 1 aromatic heterocycles. The van der Waals surface area contributed by atoms with Gasteiger partial charge < -0.3 is 16.0 Å². The summed E-state index contributed by atoms with van der Waals surface area (Å²) in [7, 11) is 0. The van der Waals surface area contributed by atoms with E-state index in [-0.39, 0.29) is 12.3 Å². The number of hydrogen-bond acceptors (Lipinski definition) is 2. The molecule has 0 saturated carbocycles. The van der Waals surface area contributed by atoms with Gasteiger partial charge in [0, 0.05) is 18.1 Å². The van der Waals surface area contributed by atoms with Gasteiger partial charge in [-0.1, -0.05) is 18.2 Å². The van der Waals surface area contributed by atoms with Crippen molar-refractivity contribution in [2.75, 3.05) is 13.1 Å². The van der Waals surface area contributed by atoms with Crippen molar-refractivity contribution >= 4 is 22.4 Å². The first kappa shape index (κ1) is 12.9. The first-order chi connectivity index (χ1) is 9.66. The number of hydrogen-bond donors (Lipinski definition) is 3.